The van der Waals surface area contributed by atoms with Crippen molar-refractivity contribution in [2.24, 2.45) is 17.3 Å². The highest BCUT2D eigenvalue weighted by atomic mass is 35.5. The van der Waals surface area contributed by atoms with Crippen molar-refractivity contribution < 1.29 is 14.0 Å². The normalized spacial score (nSPS) is 35.5. The Hall–Kier alpha value is -1.62. The quantitative estimate of drug-likeness (QED) is 0.854. The van der Waals surface area contributed by atoms with E-state index in [1.165, 1.54) is 18.2 Å². The van der Waals surface area contributed by atoms with Crippen LogP contribution in [-0.2, 0) is 9.59 Å². The van der Waals surface area contributed by atoms with E-state index in [0.717, 1.165) is 32.1 Å². The molecule has 25 heavy (non-hydrogen) atoms. The van der Waals surface area contributed by atoms with Crippen LogP contribution in [-0.4, -0.2) is 17.4 Å². The van der Waals surface area contributed by atoms with Gasteiger partial charge < -0.3 is 10.6 Å². The number of rotatable bonds is 3. The van der Waals surface area contributed by atoms with E-state index in [-0.39, 0.29) is 22.4 Å². The average molecular weight is 365 g/mol. The van der Waals surface area contributed by atoms with Gasteiger partial charge in [0.15, 0.2) is 0 Å². The van der Waals surface area contributed by atoms with Gasteiger partial charge in [0.2, 0.25) is 11.8 Å². The third-order valence-corrected chi connectivity index (χ3v) is 6.45. The van der Waals surface area contributed by atoms with Crippen molar-refractivity contribution in [2.75, 3.05) is 5.32 Å². The Labute approximate surface area is 151 Å². The van der Waals surface area contributed by atoms with Gasteiger partial charge in [-0.3, -0.25) is 9.59 Å². The lowest BCUT2D eigenvalue weighted by Gasteiger charge is -2.61. The molecule has 1 aromatic rings. The van der Waals surface area contributed by atoms with Crippen LogP contribution in [0.1, 0.15) is 45.4 Å². The minimum absolute atomic E-state index is 0.00183. The van der Waals surface area contributed by atoms with Gasteiger partial charge in [-0.25, -0.2) is 4.39 Å². The van der Waals surface area contributed by atoms with E-state index in [0.29, 0.717) is 23.9 Å². The van der Waals surface area contributed by atoms with Gasteiger partial charge in [0.05, 0.1) is 10.4 Å². The van der Waals surface area contributed by atoms with Crippen LogP contribution in [0.5, 0.6) is 0 Å². The molecule has 4 bridgehead atoms. The highest BCUT2D eigenvalue weighted by molar-refractivity contribution is 6.31. The molecule has 5 rings (SSSR count). The van der Waals surface area contributed by atoms with Crippen LogP contribution >= 0.6 is 11.6 Å². The number of benzene rings is 1. The van der Waals surface area contributed by atoms with Crippen molar-refractivity contribution >= 4 is 29.1 Å². The second-order valence-corrected chi connectivity index (χ2v) is 8.69. The summed E-state index contributed by atoms with van der Waals surface area (Å²) in [5.41, 5.74) is -0.179. The Morgan fingerprint density at radius 3 is 2.48 bits per heavy atom. The number of amides is 2. The Morgan fingerprint density at radius 1 is 1.20 bits per heavy atom. The predicted molar refractivity (Wildman–Crippen MR) is 93.7 cm³/mol. The molecule has 2 N–H and O–H groups in total. The van der Waals surface area contributed by atoms with Crippen LogP contribution < -0.4 is 10.6 Å². The lowest BCUT2D eigenvalue weighted by molar-refractivity contribution is -0.148. The van der Waals surface area contributed by atoms with Gasteiger partial charge in [-0.15, -0.1) is 0 Å². The Bertz CT molecular complexity index is 737. The van der Waals surface area contributed by atoms with Crippen molar-refractivity contribution in [1.29, 1.82) is 0 Å². The maximum atomic E-state index is 13.3. The molecule has 4 saturated carbocycles. The molecular weight excluding hydrogens is 343 g/mol. The highest BCUT2D eigenvalue weighted by Gasteiger charge is 2.60. The molecule has 0 saturated heterocycles. The van der Waals surface area contributed by atoms with Crippen molar-refractivity contribution in [2.45, 2.75) is 51.0 Å². The molecule has 2 amide bonds. The maximum Gasteiger partial charge on any atom is 0.230 e. The number of nitrogens with one attached hydrogen (secondary N) is 2. The molecule has 0 heterocycles. The molecular formula is C19H22ClFN2O2. The lowest BCUT2D eigenvalue weighted by atomic mass is 9.46. The maximum absolute atomic E-state index is 13.3. The number of anilines is 1. The summed E-state index contributed by atoms with van der Waals surface area (Å²) in [4.78, 5) is 24.8. The number of halogens is 2. The summed E-state index contributed by atoms with van der Waals surface area (Å²) in [7, 11) is 0. The average Bonchev–Trinajstić information content (AvgIpc) is 2.48. The van der Waals surface area contributed by atoms with Gasteiger partial charge in [0.25, 0.3) is 0 Å². The van der Waals surface area contributed by atoms with Gasteiger partial charge in [-0.2, -0.15) is 0 Å². The smallest absolute Gasteiger partial charge is 0.230 e. The fourth-order valence-electron chi connectivity index (χ4n) is 5.89. The summed E-state index contributed by atoms with van der Waals surface area (Å²) >= 11 is 5.82. The van der Waals surface area contributed by atoms with E-state index in [4.69, 9.17) is 11.6 Å². The molecule has 0 aliphatic heterocycles. The second kappa shape index (κ2) is 5.70. The predicted octanol–water partition coefficient (Wildman–Crippen LogP) is 3.89. The second-order valence-electron chi connectivity index (χ2n) is 8.29. The molecule has 4 fully saturated rings. The zero-order valence-electron chi connectivity index (χ0n) is 14.2. The number of hydrogen-bond donors (Lipinski definition) is 2. The summed E-state index contributed by atoms with van der Waals surface area (Å²) in [5.74, 6) is 0.409. The van der Waals surface area contributed by atoms with Gasteiger partial charge in [0.1, 0.15) is 5.82 Å². The van der Waals surface area contributed by atoms with Gasteiger partial charge >= 0.3 is 0 Å². The third-order valence-electron chi connectivity index (χ3n) is 6.16. The first-order chi connectivity index (χ1) is 11.8. The van der Waals surface area contributed by atoms with Crippen LogP contribution in [0.4, 0.5) is 10.1 Å². The van der Waals surface area contributed by atoms with E-state index >= 15 is 0 Å². The molecule has 2 unspecified atom stereocenters. The summed E-state index contributed by atoms with van der Waals surface area (Å²) < 4.78 is 13.3. The lowest BCUT2D eigenvalue weighted by Crippen LogP contribution is -2.65. The molecule has 6 heteroatoms. The van der Waals surface area contributed by atoms with E-state index in [9.17, 15) is 14.0 Å². The zero-order valence-corrected chi connectivity index (χ0v) is 15.0. The van der Waals surface area contributed by atoms with Gasteiger partial charge in [0, 0.05) is 18.2 Å². The standard InChI is InChI=1S/C19H22ClFN2O2/c1-11(24)23-19-8-12-4-13(9-19)7-18(6-12,10-19)17(25)22-14-2-3-16(21)15(20)5-14/h2-3,5,12-13H,4,6-10H2,1H3,(H,22,25)(H,23,24)/t12-,13+,18?,19?. The summed E-state index contributed by atoms with van der Waals surface area (Å²) in [6.45, 7) is 1.55. The minimum Gasteiger partial charge on any atom is -0.351 e. The van der Waals surface area contributed by atoms with Crippen LogP contribution in [0.25, 0.3) is 0 Å². The summed E-state index contributed by atoms with van der Waals surface area (Å²) in [6, 6.07) is 4.23. The van der Waals surface area contributed by atoms with Crippen molar-refractivity contribution in [3.63, 3.8) is 0 Å². The van der Waals surface area contributed by atoms with Crippen LogP contribution in [0.15, 0.2) is 18.2 Å². The van der Waals surface area contributed by atoms with E-state index in [1.54, 1.807) is 6.92 Å². The van der Waals surface area contributed by atoms with Crippen molar-refractivity contribution in [1.82, 2.24) is 5.32 Å². The highest BCUT2D eigenvalue weighted by Crippen LogP contribution is 2.61. The molecule has 4 aliphatic carbocycles. The van der Waals surface area contributed by atoms with Crippen LogP contribution in [0, 0.1) is 23.1 Å². The molecule has 4 atom stereocenters. The van der Waals surface area contributed by atoms with E-state index < -0.39 is 11.2 Å². The van der Waals surface area contributed by atoms with Crippen molar-refractivity contribution in [3.8, 4) is 0 Å². The number of carbonyl (C=O) groups is 2. The molecule has 134 valence electrons. The summed E-state index contributed by atoms with van der Waals surface area (Å²) in [5, 5.41) is 6.09. The molecule has 0 radical (unpaired) electrons. The molecule has 0 spiro atoms. The first-order valence-electron chi connectivity index (χ1n) is 8.85. The molecule has 4 nitrogen and oxygen atoms in total. The van der Waals surface area contributed by atoms with Crippen LogP contribution in [0.2, 0.25) is 5.02 Å². The Kier molecular flexibility index (Phi) is 3.83. The molecule has 0 aromatic heterocycles. The Balaban J connectivity index is 1.59. The fraction of sp³-hybridized carbons (Fsp3) is 0.579. The topological polar surface area (TPSA) is 58.2 Å². The SMILES string of the molecule is CC(=O)NC12C[C@H]3C[C@@H](C1)CC(C(=O)Nc1ccc(F)c(Cl)c1)(C3)C2. The minimum atomic E-state index is -0.501. The van der Waals surface area contributed by atoms with Crippen molar-refractivity contribution in [3.05, 3.63) is 29.0 Å². The first-order valence-corrected chi connectivity index (χ1v) is 9.22. The number of carbonyl (C=O) groups excluding carboxylic acids is 2. The van der Waals surface area contributed by atoms with E-state index in [2.05, 4.69) is 10.6 Å². The summed E-state index contributed by atoms with van der Waals surface area (Å²) in [6.07, 6.45) is 5.52. The van der Waals surface area contributed by atoms with Crippen LogP contribution in [0.3, 0.4) is 0 Å². The molecule has 4 aliphatic rings. The molecule has 1 aromatic carbocycles. The fourth-order valence-corrected chi connectivity index (χ4v) is 6.07. The largest absolute Gasteiger partial charge is 0.351 e. The van der Waals surface area contributed by atoms with Gasteiger partial charge in [-0.05, 0) is 68.6 Å². The first kappa shape index (κ1) is 16.8. The number of hydrogen-bond acceptors (Lipinski definition) is 2. The zero-order chi connectivity index (χ0) is 17.8. The van der Waals surface area contributed by atoms with E-state index in [1.807, 2.05) is 0 Å². The monoisotopic (exact) mass is 364 g/mol. The Morgan fingerprint density at radius 2 is 1.88 bits per heavy atom. The van der Waals surface area contributed by atoms with Gasteiger partial charge in [-0.1, -0.05) is 11.6 Å². The third kappa shape index (κ3) is 2.92.